The van der Waals surface area contributed by atoms with Gasteiger partial charge in [-0.15, -0.1) is 4.91 Å². The number of carbonyl (C=O) groups is 2. The van der Waals surface area contributed by atoms with Crippen LogP contribution in [0, 0.1) is 10.3 Å². The third kappa shape index (κ3) is 5.77. The first-order valence-electron chi connectivity index (χ1n) is 8.01. The number of rotatable bonds is 7. The number of halogens is 1. The molecule has 0 aromatic heterocycles. The Hall–Kier alpha value is -2.97. The highest BCUT2D eigenvalue weighted by molar-refractivity contribution is 8.17. The Bertz CT molecular complexity index is 962. The molecule has 0 fully saturated rings. The predicted molar refractivity (Wildman–Crippen MR) is 111 cm³/mol. The van der Waals surface area contributed by atoms with Gasteiger partial charge in [0.25, 0.3) is 0 Å². The third-order valence-electron chi connectivity index (χ3n) is 3.59. The van der Waals surface area contributed by atoms with Crippen molar-refractivity contribution in [1.29, 1.82) is 5.41 Å². The molecule has 144 valence electrons. The summed E-state index contributed by atoms with van der Waals surface area (Å²) in [6.45, 7) is 3.84. The number of allylic oxidation sites excluding steroid dienone is 1. The second-order valence-electron chi connectivity index (χ2n) is 5.62. The minimum Gasteiger partial charge on any atom is -0.508 e. The quantitative estimate of drug-likeness (QED) is 0.334. The van der Waals surface area contributed by atoms with E-state index in [1.165, 1.54) is 30.3 Å². The molecule has 0 spiro atoms. The molecule has 0 aliphatic heterocycles. The van der Waals surface area contributed by atoms with Crippen molar-refractivity contribution in [2.45, 2.75) is 12.8 Å². The number of anilines is 1. The molecule has 0 radical (unpaired) electrons. The number of phenols is 1. The molecule has 0 unspecified atom stereocenters. The molecule has 3 N–H and O–H groups in total. The molecule has 28 heavy (non-hydrogen) atoms. The molecule has 2 aromatic rings. The summed E-state index contributed by atoms with van der Waals surface area (Å²) >= 11 is 7.08. The molecule has 9 heteroatoms. The Kier molecular flexibility index (Phi) is 7.48. The number of hydrogen-bond acceptors (Lipinski definition) is 6. The number of nitrogens with one attached hydrogen (secondary N) is 2. The Morgan fingerprint density at radius 1 is 1.18 bits per heavy atom. The van der Waals surface area contributed by atoms with Crippen LogP contribution >= 0.6 is 23.4 Å². The van der Waals surface area contributed by atoms with Gasteiger partial charge in [0.2, 0.25) is 5.91 Å². The van der Waals surface area contributed by atoms with Gasteiger partial charge in [0.05, 0.1) is 16.3 Å². The summed E-state index contributed by atoms with van der Waals surface area (Å²) < 4.78 is 0. The summed E-state index contributed by atoms with van der Waals surface area (Å²) in [6, 6.07) is 10.4. The lowest BCUT2D eigenvalue weighted by atomic mass is 10.1. The van der Waals surface area contributed by atoms with E-state index < -0.39 is 5.91 Å². The number of aromatic hydroxyl groups is 1. The Morgan fingerprint density at radius 3 is 2.57 bits per heavy atom. The molecule has 2 amide bonds. The Labute approximate surface area is 170 Å². The standard InChI is InChI=1S/C19H16ClN3O4S/c1-11(28-18(21)13-8-7-12(24)10-15(13)20)6-9-17(25)22-16-5-3-2-4-14(16)19(26)23-27/h2-5,7-8,10,21,24H,1,6,9H2,(H,22,25). The van der Waals surface area contributed by atoms with Crippen LogP contribution in [0.25, 0.3) is 0 Å². The largest absolute Gasteiger partial charge is 0.508 e. The summed E-state index contributed by atoms with van der Waals surface area (Å²) in [7, 11) is 0. The highest BCUT2D eigenvalue weighted by atomic mass is 35.5. The lowest BCUT2D eigenvalue weighted by Crippen LogP contribution is -2.14. The number of amides is 2. The van der Waals surface area contributed by atoms with E-state index in [0.717, 1.165) is 11.8 Å². The molecule has 7 nitrogen and oxygen atoms in total. The SMILES string of the molecule is C=C(CCC(=O)Nc1ccccc1C(=O)N=O)SC(=N)c1ccc(O)cc1Cl. The van der Waals surface area contributed by atoms with Crippen LogP contribution in [0.2, 0.25) is 5.02 Å². The van der Waals surface area contributed by atoms with Crippen LogP contribution < -0.4 is 5.32 Å². The fourth-order valence-corrected chi connectivity index (χ4v) is 3.34. The van der Waals surface area contributed by atoms with Gasteiger partial charge in [-0.3, -0.25) is 15.0 Å². The number of nitrogens with zero attached hydrogens (tertiary/aromatic N) is 1. The number of thioether (sulfide) groups is 1. The molecule has 2 aromatic carbocycles. The van der Waals surface area contributed by atoms with E-state index in [1.807, 2.05) is 0 Å². The first kappa shape index (κ1) is 21.3. The van der Waals surface area contributed by atoms with E-state index in [4.69, 9.17) is 17.0 Å². The maximum absolute atomic E-state index is 12.1. The first-order chi connectivity index (χ1) is 13.3. The zero-order valence-electron chi connectivity index (χ0n) is 14.6. The summed E-state index contributed by atoms with van der Waals surface area (Å²) in [5.74, 6) is -1.33. The van der Waals surface area contributed by atoms with Crippen molar-refractivity contribution in [2.75, 3.05) is 5.32 Å². The van der Waals surface area contributed by atoms with E-state index in [9.17, 15) is 19.6 Å². The van der Waals surface area contributed by atoms with E-state index in [0.29, 0.717) is 10.5 Å². The van der Waals surface area contributed by atoms with Crippen LogP contribution in [-0.4, -0.2) is 22.0 Å². The minimum absolute atomic E-state index is 0.00518. The first-order valence-corrected chi connectivity index (χ1v) is 9.21. The van der Waals surface area contributed by atoms with Crippen LogP contribution in [0.15, 0.2) is 59.1 Å². The van der Waals surface area contributed by atoms with Crippen LogP contribution in [0.5, 0.6) is 5.75 Å². The predicted octanol–water partition coefficient (Wildman–Crippen LogP) is 4.94. The number of phenolic OH excluding ortho intramolecular Hbond substituents is 1. The third-order valence-corrected chi connectivity index (χ3v) is 4.82. The summed E-state index contributed by atoms with van der Waals surface area (Å²) in [5, 5.41) is 22.8. The monoisotopic (exact) mass is 417 g/mol. The summed E-state index contributed by atoms with van der Waals surface area (Å²) in [4.78, 5) is 34.7. The molecular formula is C19H16ClN3O4S. The zero-order valence-corrected chi connectivity index (χ0v) is 16.1. The molecule has 0 saturated carbocycles. The average molecular weight is 418 g/mol. The number of nitroso groups, excluding NO2 is 1. The van der Waals surface area contributed by atoms with Crippen molar-refractivity contribution >= 4 is 45.9 Å². The molecular weight excluding hydrogens is 402 g/mol. The van der Waals surface area contributed by atoms with Gasteiger partial charge in [0, 0.05) is 17.2 Å². The van der Waals surface area contributed by atoms with Crippen molar-refractivity contribution in [3.63, 3.8) is 0 Å². The van der Waals surface area contributed by atoms with Gasteiger partial charge in [-0.25, -0.2) is 0 Å². The average Bonchev–Trinajstić information content (AvgIpc) is 2.66. The van der Waals surface area contributed by atoms with Gasteiger partial charge in [0.1, 0.15) is 10.8 Å². The number of para-hydroxylation sites is 1. The van der Waals surface area contributed by atoms with E-state index in [-0.39, 0.29) is 45.8 Å². The van der Waals surface area contributed by atoms with E-state index in [1.54, 1.807) is 12.1 Å². The topological polar surface area (TPSA) is 120 Å². The molecule has 0 saturated heterocycles. The summed E-state index contributed by atoms with van der Waals surface area (Å²) in [5.41, 5.74) is 0.672. The summed E-state index contributed by atoms with van der Waals surface area (Å²) in [6.07, 6.45) is 0.357. The lowest BCUT2D eigenvalue weighted by molar-refractivity contribution is -0.116. The molecule has 0 atom stereocenters. The van der Waals surface area contributed by atoms with Crippen molar-refractivity contribution in [3.8, 4) is 5.75 Å². The minimum atomic E-state index is -0.963. The van der Waals surface area contributed by atoms with Crippen LogP contribution in [0.4, 0.5) is 5.69 Å². The van der Waals surface area contributed by atoms with E-state index >= 15 is 0 Å². The molecule has 0 bridgehead atoms. The van der Waals surface area contributed by atoms with Crippen LogP contribution in [0.3, 0.4) is 0 Å². The molecule has 2 rings (SSSR count). The Balaban J connectivity index is 1.91. The van der Waals surface area contributed by atoms with Gasteiger partial charge in [0.15, 0.2) is 0 Å². The smallest absolute Gasteiger partial charge is 0.318 e. The van der Waals surface area contributed by atoms with Gasteiger partial charge in [-0.2, -0.15) is 0 Å². The van der Waals surface area contributed by atoms with Gasteiger partial charge in [-0.05, 0) is 41.7 Å². The zero-order chi connectivity index (χ0) is 20.7. The normalized spacial score (nSPS) is 10.2. The highest BCUT2D eigenvalue weighted by Gasteiger charge is 2.14. The molecule has 0 heterocycles. The van der Waals surface area contributed by atoms with Gasteiger partial charge >= 0.3 is 5.91 Å². The number of carbonyl (C=O) groups excluding carboxylic acids is 2. The maximum Gasteiger partial charge on any atom is 0.318 e. The van der Waals surface area contributed by atoms with Crippen molar-refractivity contribution in [2.24, 2.45) is 5.18 Å². The second-order valence-corrected chi connectivity index (χ2v) is 7.22. The van der Waals surface area contributed by atoms with E-state index in [2.05, 4.69) is 17.1 Å². The molecule has 0 aliphatic rings. The number of hydrogen-bond donors (Lipinski definition) is 3. The van der Waals surface area contributed by atoms with Crippen molar-refractivity contribution < 1.29 is 14.7 Å². The fraction of sp³-hybridized carbons (Fsp3) is 0.105. The van der Waals surface area contributed by atoms with Gasteiger partial charge < -0.3 is 10.4 Å². The van der Waals surface area contributed by atoms with Crippen LogP contribution in [-0.2, 0) is 4.79 Å². The van der Waals surface area contributed by atoms with Gasteiger partial charge in [-0.1, -0.05) is 42.1 Å². The highest BCUT2D eigenvalue weighted by Crippen LogP contribution is 2.29. The maximum atomic E-state index is 12.1. The number of benzene rings is 2. The van der Waals surface area contributed by atoms with Crippen molar-refractivity contribution in [3.05, 3.63) is 75.0 Å². The molecule has 0 aliphatic carbocycles. The van der Waals surface area contributed by atoms with Crippen LogP contribution in [0.1, 0.15) is 28.8 Å². The van der Waals surface area contributed by atoms with Crippen molar-refractivity contribution in [1.82, 2.24) is 0 Å². The Morgan fingerprint density at radius 2 is 1.89 bits per heavy atom. The lowest BCUT2D eigenvalue weighted by Gasteiger charge is -2.10. The second kappa shape index (κ2) is 9.82. The fourth-order valence-electron chi connectivity index (χ4n) is 2.23.